The minimum Gasteiger partial charge on any atom is -0.462 e. The number of aliphatic hydroxyl groups excluding tert-OH is 1. The average molecular weight is 1490 g/mol. The molecule has 0 radical (unpaired) electrons. The third-order valence-corrected chi connectivity index (χ3v) is 20.9. The van der Waals surface area contributed by atoms with Gasteiger partial charge in [-0.15, -0.1) is 0 Å². The van der Waals surface area contributed by atoms with Crippen LogP contribution in [0.3, 0.4) is 0 Å². The van der Waals surface area contributed by atoms with Crippen LogP contribution in [0, 0.1) is 0 Å². The molecular weight excluding hydrogens is 1330 g/mol. The number of ether oxygens (including phenoxy) is 4. The second kappa shape index (κ2) is 76.7. The van der Waals surface area contributed by atoms with E-state index in [0.717, 1.165) is 109 Å². The third-order valence-electron chi connectivity index (χ3n) is 18.9. The monoisotopic (exact) mass is 1490 g/mol. The largest absolute Gasteiger partial charge is 0.472 e. The van der Waals surface area contributed by atoms with Crippen LogP contribution < -0.4 is 0 Å². The summed E-state index contributed by atoms with van der Waals surface area (Å²) in [6.07, 6.45) is 72.8. The van der Waals surface area contributed by atoms with E-state index in [1.165, 1.54) is 238 Å². The number of allylic oxidation sites excluding steroid dienone is 4. The van der Waals surface area contributed by atoms with Crippen molar-refractivity contribution in [3.63, 3.8) is 0 Å². The van der Waals surface area contributed by atoms with Crippen molar-refractivity contribution in [3.05, 3.63) is 24.3 Å². The number of carbonyl (C=O) groups is 4. The number of unbranched alkanes of at least 4 members (excludes halogenated alkanes) is 52. The fourth-order valence-corrected chi connectivity index (χ4v) is 14.0. The molecule has 2 unspecified atom stereocenters. The van der Waals surface area contributed by atoms with Crippen LogP contribution >= 0.6 is 15.6 Å². The summed E-state index contributed by atoms with van der Waals surface area (Å²) in [6.45, 7) is 4.98. The highest BCUT2D eigenvalue weighted by Crippen LogP contribution is 2.45. The first-order valence-electron chi connectivity index (χ1n) is 42.6. The summed E-state index contributed by atoms with van der Waals surface area (Å²) in [5.74, 6) is -2.13. The van der Waals surface area contributed by atoms with E-state index in [1.54, 1.807) is 0 Å². The van der Waals surface area contributed by atoms with Crippen molar-refractivity contribution in [2.45, 2.75) is 444 Å². The van der Waals surface area contributed by atoms with Gasteiger partial charge in [-0.05, 0) is 57.8 Å². The van der Waals surface area contributed by atoms with Gasteiger partial charge in [0.2, 0.25) is 0 Å². The van der Waals surface area contributed by atoms with Gasteiger partial charge in [0.1, 0.15) is 19.3 Å². The number of esters is 4. The lowest BCUT2D eigenvalue weighted by atomic mass is 10.0. The van der Waals surface area contributed by atoms with Crippen LogP contribution in [0.1, 0.15) is 426 Å². The van der Waals surface area contributed by atoms with E-state index in [2.05, 4.69) is 52.0 Å². The summed E-state index contributed by atoms with van der Waals surface area (Å²) in [5, 5.41) is 10.7. The van der Waals surface area contributed by atoms with Crippen molar-refractivity contribution in [1.29, 1.82) is 0 Å². The van der Waals surface area contributed by atoms with E-state index < -0.39 is 97.5 Å². The van der Waals surface area contributed by atoms with Gasteiger partial charge < -0.3 is 33.8 Å². The van der Waals surface area contributed by atoms with Gasteiger partial charge in [-0.25, -0.2) is 9.13 Å². The van der Waals surface area contributed by atoms with Gasteiger partial charge >= 0.3 is 39.5 Å². The molecule has 0 saturated carbocycles. The van der Waals surface area contributed by atoms with E-state index in [1.807, 2.05) is 0 Å². The Morgan fingerprint density at radius 1 is 0.275 bits per heavy atom. The summed E-state index contributed by atoms with van der Waals surface area (Å²) in [4.78, 5) is 73.1. The molecule has 17 nitrogen and oxygen atoms in total. The molecule has 0 aromatic rings. The van der Waals surface area contributed by atoms with Crippen LogP contribution in [-0.4, -0.2) is 96.7 Å². The highest BCUT2D eigenvalue weighted by Gasteiger charge is 2.30. The molecular formula is C83H158O17P2. The molecule has 0 fully saturated rings. The first-order valence-corrected chi connectivity index (χ1v) is 45.6. The molecule has 0 spiro atoms. The molecule has 0 aliphatic heterocycles. The topological polar surface area (TPSA) is 237 Å². The lowest BCUT2D eigenvalue weighted by Gasteiger charge is -2.21. The first kappa shape index (κ1) is 99.5. The normalized spacial score (nSPS) is 13.9. The molecule has 0 aromatic carbocycles. The summed E-state index contributed by atoms with van der Waals surface area (Å²) in [6, 6.07) is 0. The molecule has 5 atom stereocenters. The SMILES string of the molecule is CCCCC/C=C\C/C=C\CCCCCCCC(=O)O[C@H](COC(=O)CCCCCCCCCCCCCCC)COP(=O)(O)OC[C@@H](O)COP(=O)(O)OC[C@@H](COC(=O)CCCCCCCCCCCCCCCCCCC)OC(=O)CCCCCCCCCCCCCCCCCCC. The van der Waals surface area contributed by atoms with E-state index in [-0.39, 0.29) is 25.7 Å². The van der Waals surface area contributed by atoms with Crippen molar-refractivity contribution >= 4 is 39.5 Å². The van der Waals surface area contributed by atoms with E-state index >= 15 is 0 Å². The predicted octanol–water partition coefficient (Wildman–Crippen LogP) is 24.9. The summed E-state index contributed by atoms with van der Waals surface area (Å²) >= 11 is 0. The Labute approximate surface area is 624 Å². The quantitative estimate of drug-likeness (QED) is 0.0169. The third kappa shape index (κ3) is 75.8. The summed E-state index contributed by atoms with van der Waals surface area (Å²) in [5.41, 5.74) is 0. The zero-order valence-corrected chi connectivity index (χ0v) is 67.9. The van der Waals surface area contributed by atoms with Gasteiger partial charge in [0, 0.05) is 25.7 Å². The Kier molecular flexibility index (Phi) is 74.9. The molecule has 0 aliphatic rings. The van der Waals surface area contributed by atoms with Gasteiger partial charge in [0.25, 0.3) is 0 Å². The molecule has 0 aliphatic carbocycles. The van der Waals surface area contributed by atoms with Gasteiger partial charge in [-0.3, -0.25) is 37.3 Å². The Hall–Kier alpha value is -2.46. The Morgan fingerprint density at radius 3 is 0.745 bits per heavy atom. The van der Waals surface area contributed by atoms with Crippen molar-refractivity contribution in [2.75, 3.05) is 39.6 Å². The highest BCUT2D eigenvalue weighted by atomic mass is 31.2. The maximum absolute atomic E-state index is 13.1. The van der Waals surface area contributed by atoms with Crippen LogP contribution in [0.5, 0.6) is 0 Å². The number of carbonyl (C=O) groups excluding carboxylic acids is 4. The van der Waals surface area contributed by atoms with Crippen molar-refractivity contribution in [2.24, 2.45) is 0 Å². The number of rotatable bonds is 82. The zero-order valence-electron chi connectivity index (χ0n) is 66.1. The van der Waals surface area contributed by atoms with Crippen molar-refractivity contribution < 1.29 is 80.2 Å². The molecule has 0 saturated heterocycles. The number of hydrogen-bond acceptors (Lipinski definition) is 15. The standard InChI is InChI=1S/C83H158O17P2/c1-5-9-13-17-21-25-29-33-36-38-41-44-48-52-56-60-64-68-81(86)94-74-79(100-83(88)70-66-62-58-54-50-46-42-39-37-34-30-26-22-18-14-10-6-2)76-98-102(91,92)96-72-77(84)71-95-101(89,90)97-75-78(73-93-80(85)67-63-59-55-51-47-43-32-28-24-20-16-12-8-4)99-82(87)69-65-61-57-53-49-45-40-35-31-27-23-19-15-11-7-3/h23,27,35,40,77-79,84H,5-22,24-26,28-34,36-39,41-76H2,1-4H3,(H,89,90)(H,91,92)/b27-23-,40-35-/t77-,78-,79-/m1/s1. The fourth-order valence-electron chi connectivity index (χ4n) is 12.4. The summed E-state index contributed by atoms with van der Waals surface area (Å²) in [7, 11) is -9.93. The molecule has 102 heavy (non-hydrogen) atoms. The zero-order chi connectivity index (χ0) is 74.6. The molecule has 0 rings (SSSR count). The number of hydrogen-bond donors (Lipinski definition) is 3. The smallest absolute Gasteiger partial charge is 0.462 e. The average Bonchev–Trinajstić information content (AvgIpc) is 1.38. The number of phosphoric ester groups is 2. The molecule has 19 heteroatoms. The van der Waals surface area contributed by atoms with Crippen molar-refractivity contribution in [3.8, 4) is 0 Å². The lowest BCUT2D eigenvalue weighted by Crippen LogP contribution is -2.30. The lowest BCUT2D eigenvalue weighted by molar-refractivity contribution is -0.161. The van der Waals surface area contributed by atoms with E-state index in [4.69, 9.17) is 37.0 Å². The molecule has 0 heterocycles. The molecule has 3 N–H and O–H groups in total. The van der Waals surface area contributed by atoms with Gasteiger partial charge in [0.15, 0.2) is 12.2 Å². The van der Waals surface area contributed by atoms with Gasteiger partial charge in [-0.1, -0.05) is 367 Å². The van der Waals surface area contributed by atoms with Crippen molar-refractivity contribution in [1.82, 2.24) is 0 Å². The maximum Gasteiger partial charge on any atom is 0.472 e. The second-order valence-corrected chi connectivity index (χ2v) is 32.1. The van der Waals surface area contributed by atoms with Crippen LogP contribution in [0.15, 0.2) is 24.3 Å². The molecule has 0 amide bonds. The first-order chi connectivity index (χ1) is 49.7. The van der Waals surface area contributed by atoms with Gasteiger partial charge in [-0.2, -0.15) is 0 Å². The second-order valence-electron chi connectivity index (χ2n) is 29.2. The van der Waals surface area contributed by atoms with Crippen LogP contribution in [0.2, 0.25) is 0 Å². The minimum atomic E-state index is -4.97. The Balaban J connectivity index is 5.29. The number of phosphoric acid groups is 2. The minimum absolute atomic E-state index is 0.0876. The van der Waals surface area contributed by atoms with E-state index in [0.29, 0.717) is 25.7 Å². The molecule has 0 aromatic heterocycles. The van der Waals surface area contributed by atoms with Crippen LogP contribution in [0.4, 0.5) is 0 Å². The van der Waals surface area contributed by atoms with Crippen LogP contribution in [0.25, 0.3) is 0 Å². The number of aliphatic hydroxyl groups is 1. The molecule has 602 valence electrons. The Bertz CT molecular complexity index is 2020. The van der Waals surface area contributed by atoms with Gasteiger partial charge in [0.05, 0.1) is 26.4 Å². The maximum atomic E-state index is 13.1. The summed E-state index contributed by atoms with van der Waals surface area (Å²) < 4.78 is 68.8. The van der Waals surface area contributed by atoms with E-state index in [9.17, 15) is 43.2 Å². The van der Waals surface area contributed by atoms with Crippen LogP contribution in [-0.2, 0) is 65.4 Å². The molecule has 0 bridgehead atoms. The predicted molar refractivity (Wildman–Crippen MR) is 418 cm³/mol. The Morgan fingerprint density at radius 2 is 0.480 bits per heavy atom. The fraction of sp³-hybridized carbons (Fsp3) is 0.904. The highest BCUT2D eigenvalue weighted by molar-refractivity contribution is 7.47.